The Bertz CT molecular complexity index is 577. The maximum absolute atomic E-state index is 4.55. The molecule has 0 saturated heterocycles. The Hall–Kier alpha value is -1.41. The summed E-state index contributed by atoms with van der Waals surface area (Å²) in [4.78, 5) is 4.55. The van der Waals surface area contributed by atoms with Crippen LogP contribution in [0.4, 0.5) is 0 Å². The zero-order valence-corrected chi connectivity index (χ0v) is 10.00. The van der Waals surface area contributed by atoms with Gasteiger partial charge in [-0.05, 0) is 31.0 Å². The number of aryl methyl sites for hydroxylation is 1. The fourth-order valence-corrected chi connectivity index (χ4v) is 2.93. The largest absolute Gasteiger partial charge is 0.242 e. The van der Waals surface area contributed by atoms with Gasteiger partial charge in [0.1, 0.15) is 0 Å². The van der Waals surface area contributed by atoms with Gasteiger partial charge in [-0.2, -0.15) is 0 Å². The third kappa shape index (κ3) is 1.69. The Labute approximate surface area is 99.1 Å². The molecule has 0 radical (unpaired) electrons. The average molecular weight is 227 g/mol. The summed E-state index contributed by atoms with van der Waals surface area (Å²) in [5.74, 6) is 0.524. The van der Waals surface area contributed by atoms with Crippen LogP contribution in [0.5, 0.6) is 0 Å². The first kappa shape index (κ1) is 9.79. The highest BCUT2D eigenvalue weighted by atomic mass is 32.1. The summed E-state index contributed by atoms with van der Waals surface area (Å²) in [6.07, 6.45) is 9.83. The summed E-state index contributed by atoms with van der Waals surface area (Å²) >= 11 is 1.76. The smallest absolute Gasteiger partial charge is 0.0907 e. The predicted molar refractivity (Wildman–Crippen MR) is 70.0 cm³/mol. The maximum atomic E-state index is 4.55. The van der Waals surface area contributed by atoms with Crippen LogP contribution in [-0.4, -0.2) is 4.98 Å². The second kappa shape index (κ2) is 3.87. The van der Waals surface area contributed by atoms with E-state index < -0.39 is 0 Å². The normalized spacial score (nSPS) is 19.4. The maximum Gasteiger partial charge on any atom is 0.0907 e. The summed E-state index contributed by atoms with van der Waals surface area (Å²) in [7, 11) is 0. The lowest BCUT2D eigenvalue weighted by Crippen LogP contribution is -1.95. The lowest BCUT2D eigenvalue weighted by Gasteiger charge is -2.12. The van der Waals surface area contributed by atoms with Gasteiger partial charge in [-0.15, -0.1) is 11.3 Å². The zero-order valence-electron chi connectivity index (χ0n) is 9.18. The van der Waals surface area contributed by atoms with Crippen LogP contribution in [0.2, 0.25) is 0 Å². The number of allylic oxidation sites excluding steroid dienone is 4. The standard InChI is InChI=1S/C14H13NS/c1-10-15-13-9-12(7-8-14(13)16-10)11-5-3-2-4-6-11/h2-5,7-9,11H,6H2,1H3. The van der Waals surface area contributed by atoms with Gasteiger partial charge >= 0.3 is 0 Å². The number of aromatic nitrogens is 1. The van der Waals surface area contributed by atoms with Crippen molar-refractivity contribution in [2.24, 2.45) is 0 Å². The van der Waals surface area contributed by atoms with E-state index in [9.17, 15) is 0 Å². The Morgan fingerprint density at radius 1 is 1.31 bits per heavy atom. The zero-order chi connectivity index (χ0) is 11.0. The highest BCUT2D eigenvalue weighted by Gasteiger charge is 2.10. The molecule has 1 aromatic carbocycles. The molecule has 1 heterocycles. The van der Waals surface area contributed by atoms with Gasteiger partial charge in [-0.3, -0.25) is 0 Å². The molecule has 0 N–H and O–H groups in total. The third-order valence-corrected chi connectivity index (χ3v) is 3.88. The van der Waals surface area contributed by atoms with E-state index in [1.54, 1.807) is 11.3 Å². The lowest BCUT2D eigenvalue weighted by atomic mass is 9.92. The minimum atomic E-state index is 0.524. The first-order chi connectivity index (χ1) is 7.83. The van der Waals surface area contributed by atoms with Crippen molar-refractivity contribution in [1.29, 1.82) is 0 Å². The fraction of sp³-hybridized carbons (Fsp3) is 0.214. The van der Waals surface area contributed by atoms with Crippen molar-refractivity contribution in [2.45, 2.75) is 19.3 Å². The molecule has 0 bridgehead atoms. The first-order valence-corrected chi connectivity index (χ1v) is 6.35. The Kier molecular flexibility index (Phi) is 2.37. The summed E-state index contributed by atoms with van der Waals surface area (Å²) in [6.45, 7) is 2.06. The van der Waals surface area contributed by atoms with Crippen LogP contribution in [0.3, 0.4) is 0 Å². The minimum Gasteiger partial charge on any atom is -0.242 e. The molecule has 0 amide bonds. The number of rotatable bonds is 1. The molecule has 1 atom stereocenters. The van der Waals surface area contributed by atoms with E-state index in [4.69, 9.17) is 0 Å². The lowest BCUT2D eigenvalue weighted by molar-refractivity contribution is 0.855. The molecule has 0 saturated carbocycles. The SMILES string of the molecule is Cc1nc2cc(C3C=CC=CC3)ccc2s1. The highest BCUT2D eigenvalue weighted by Crippen LogP contribution is 2.29. The second-order valence-electron chi connectivity index (χ2n) is 4.12. The second-order valence-corrected chi connectivity index (χ2v) is 5.35. The molecule has 1 aliphatic rings. The molecule has 80 valence electrons. The van der Waals surface area contributed by atoms with E-state index in [1.165, 1.54) is 10.3 Å². The van der Waals surface area contributed by atoms with E-state index in [0.29, 0.717) is 5.92 Å². The first-order valence-electron chi connectivity index (χ1n) is 5.53. The number of hydrogen-bond acceptors (Lipinski definition) is 2. The van der Waals surface area contributed by atoms with Crippen molar-refractivity contribution < 1.29 is 0 Å². The van der Waals surface area contributed by atoms with E-state index in [2.05, 4.69) is 54.4 Å². The summed E-state index contributed by atoms with van der Waals surface area (Å²) < 4.78 is 1.29. The van der Waals surface area contributed by atoms with E-state index >= 15 is 0 Å². The minimum absolute atomic E-state index is 0.524. The van der Waals surface area contributed by atoms with E-state index in [1.807, 2.05) is 0 Å². The quantitative estimate of drug-likeness (QED) is 0.711. The van der Waals surface area contributed by atoms with Crippen molar-refractivity contribution >= 4 is 21.6 Å². The fourth-order valence-electron chi connectivity index (χ4n) is 2.12. The van der Waals surface area contributed by atoms with Crippen molar-refractivity contribution in [2.75, 3.05) is 0 Å². The van der Waals surface area contributed by atoms with Crippen LogP contribution >= 0.6 is 11.3 Å². The molecule has 0 spiro atoms. The van der Waals surface area contributed by atoms with Crippen LogP contribution in [0.25, 0.3) is 10.2 Å². The summed E-state index contributed by atoms with van der Waals surface area (Å²) in [6, 6.07) is 6.66. The van der Waals surface area contributed by atoms with Gasteiger partial charge in [0.2, 0.25) is 0 Å². The number of hydrogen-bond donors (Lipinski definition) is 0. The van der Waals surface area contributed by atoms with Gasteiger partial charge in [-0.25, -0.2) is 4.98 Å². The Balaban J connectivity index is 2.04. The van der Waals surface area contributed by atoms with Gasteiger partial charge in [0.25, 0.3) is 0 Å². The molecule has 1 aliphatic carbocycles. The molecule has 16 heavy (non-hydrogen) atoms. The number of nitrogens with zero attached hydrogens (tertiary/aromatic N) is 1. The number of benzene rings is 1. The summed E-state index contributed by atoms with van der Waals surface area (Å²) in [5, 5.41) is 1.14. The van der Waals surface area contributed by atoms with Crippen molar-refractivity contribution in [1.82, 2.24) is 4.98 Å². The van der Waals surface area contributed by atoms with E-state index in [0.717, 1.165) is 16.9 Å². The Morgan fingerprint density at radius 3 is 3.06 bits per heavy atom. The van der Waals surface area contributed by atoms with Crippen LogP contribution < -0.4 is 0 Å². The van der Waals surface area contributed by atoms with Gasteiger partial charge in [0.05, 0.1) is 15.2 Å². The van der Waals surface area contributed by atoms with Gasteiger partial charge < -0.3 is 0 Å². The van der Waals surface area contributed by atoms with E-state index in [-0.39, 0.29) is 0 Å². The van der Waals surface area contributed by atoms with Crippen LogP contribution in [0.15, 0.2) is 42.5 Å². The van der Waals surface area contributed by atoms with Crippen molar-refractivity contribution in [3.8, 4) is 0 Å². The average Bonchev–Trinajstić information content (AvgIpc) is 2.69. The van der Waals surface area contributed by atoms with Gasteiger partial charge in [-0.1, -0.05) is 30.4 Å². The number of fused-ring (bicyclic) bond motifs is 1. The molecule has 0 aliphatic heterocycles. The van der Waals surface area contributed by atoms with Crippen molar-refractivity contribution in [3.63, 3.8) is 0 Å². The van der Waals surface area contributed by atoms with Gasteiger partial charge in [0, 0.05) is 5.92 Å². The van der Waals surface area contributed by atoms with Crippen LogP contribution in [0, 0.1) is 6.92 Å². The Morgan fingerprint density at radius 2 is 2.25 bits per heavy atom. The third-order valence-electron chi connectivity index (χ3n) is 2.93. The monoisotopic (exact) mass is 227 g/mol. The molecule has 2 aromatic rings. The van der Waals surface area contributed by atoms with Crippen LogP contribution in [0.1, 0.15) is 22.9 Å². The molecule has 1 unspecified atom stereocenters. The molecular weight excluding hydrogens is 214 g/mol. The van der Waals surface area contributed by atoms with Crippen molar-refractivity contribution in [3.05, 3.63) is 53.1 Å². The van der Waals surface area contributed by atoms with Gasteiger partial charge in [0.15, 0.2) is 0 Å². The summed E-state index contributed by atoms with van der Waals surface area (Å²) in [5.41, 5.74) is 2.52. The predicted octanol–water partition coefficient (Wildman–Crippen LogP) is 4.20. The molecule has 1 nitrogen and oxygen atoms in total. The highest BCUT2D eigenvalue weighted by molar-refractivity contribution is 7.18. The van der Waals surface area contributed by atoms with Crippen LogP contribution in [-0.2, 0) is 0 Å². The molecule has 3 rings (SSSR count). The molecule has 0 fully saturated rings. The molecular formula is C14H13NS. The number of thiazole rings is 1. The molecule has 1 aromatic heterocycles. The topological polar surface area (TPSA) is 12.9 Å². The molecule has 2 heteroatoms.